The molecule has 2 N–H and O–H groups in total. The quantitative estimate of drug-likeness (QED) is 0.839. The number of amides is 2. The van der Waals surface area contributed by atoms with Crippen molar-refractivity contribution in [3.63, 3.8) is 0 Å². The molecule has 1 fully saturated rings. The molecule has 0 radical (unpaired) electrons. The average molecular weight is 286 g/mol. The third kappa shape index (κ3) is 4.71. The maximum absolute atomic E-state index is 12.3. The Bertz CT molecular complexity index is 325. The number of primary amides is 1. The van der Waals surface area contributed by atoms with Crippen molar-refractivity contribution in [2.75, 3.05) is 13.1 Å². The average Bonchev–Trinajstić information content (AvgIpc) is 2.37. The lowest BCUT2D eigenvalue weighted by Gasteiger charge is -2.33. The molecule has 0 aromatic heterocycles. The maximum atomic E-state index is 12.3. The molecule has 5 heteroatoms. The van der Waals surface area contributed by atoms with Crippen molar-refractivity contribution in [3.05, 3.63) is 0 Å². The Morgan fingerprint density at radius 3 is 2.11 bits per heavy atom. The van der Waals surface area contributed by atoms with E-state index in [4.69, 9.17) is 5.73 Å². The van der Waals surface area contributed by atoms with Crippen LogP contribution < -0.4 is 5.73 Å². The third-order valence-corrected chi connectivity index (χ3v) is 5.50. The van der Waals surface area contributed by atoms with E-state index in [1.54, 1.807) is 11.8 Å². The zero-order valence-electron chi connectivity index (χ0n) is 12.4. The maximum Gasteiger partial charge on any atom is 0.235 e. The van der Waals surface area contributed by atoms with E-state index in [0.29, 0.717) is 37.1 Å². The molecule has 1 aliphatic rings. The third-order valence-electron chi connectivity index (χ3n) is 3.91. The lowest BCUT2D eigenvalue weighted by molar-refractivity contribution is -0.134. The van der Waals surface area contributed by atoms with Crippen LogP contribution in [0, 0.1) is 11.8 Å². The van der Waals surface area contributed by atoms with Gasteiger partial charge >= 0.3 is 0 Å². The Morgan fingerprint density at radius 1 is 1.16 bits per heavy atom. The molecule has 0 unspecified atom stereocenters. The van der Waals surface area contributed by atoms with Crippen molar-refractivity contribution in [2.45, 2.75) is 51.0 Å². The summed E-state index contributed by atoms with van der Waals surface area (Å²) in [6.07, 6.45) is 1.41. The molecule has 1 saturated heterocycles. The number of rotatable bonds is 5. The minimum absolute atomic E-state index is 0.0115. The highest BCUT2D eigenvalue weighted by molar-refractivity contribution is 8.01. The van der Waals surface area contributed by atoms with Crippen molar-refractivity contribution in [3.8, 4) is 0 Å². The predicted octanol–water partition coefficient (Wildman–Crippen LogP) is 1.88. The molecule has 4 nitrogen and oxygen atoms in total. The molecule has 2 atom stereocenters. The number of likely N-dealkylation sites (tertiary alicyclic amines) is 1. The first kappa shape index (κ1) is 16.3. The Morgan fingerprint density at radius 2 is 1.68 bits per heavy atom. The van der Waals surface area contributed by atoms with Gasteiger partial charge < -0.3 is 10.6 Å². The van der Waals surface area contributed by atoms with Gasteiger partial charge in [-0.2, -0.15) is 0 Å². The molecule has 0 spiro atoms. The lowest BCUT2D eigenvalue weighted by atomic mass is 9.96. The predicted molar refractivity (Wildman–Crippen MR) is 79.9 cm³/mol. The second kappa shape index (κ2) is 7.17. The number of carbonyl (C=O) groups is 2. The molecule has 0 aromatic rings. The fourth-order valence-corrected chi connectivity index (χ4v) is 3.40. The first-order valence-corrected chi connectivity index (χ1v) is 8.00. The van der Waals surface area contributed by atoms with E-state index in [0.717, 1.165) is 0 Å². The summed E-state index contributed by atoms with van der Waals surface area (Å²) in [5.74, 6) is 0.478. The smallest absolute Gasteiger partial charge is 0.235 e. The fraction of sp³-hybridized carbons (Fsp3) is 0.857. The summed E-state index contributed by atoms with van der Waals surface area (Å²) in [5, 5.41) is 0.463. The van der Waals surface area contributed by atoms with Gasteiger partial charge in [0.2, 0.25) is 11.8 Å². The standard InChI is InChI=1S/C14H26N2O2S/c1-9(2)10(3)19-11(4)14(18)16-7-5-12(6-8-16)13(15)17/h9-12H,5-8H2,1-4H3,(H2,15,17)/t10-,11+/m0/s1. The SMILES string of the molecule is CC(C)[C@H](C)S[C@H](C)C(=O)N1CCC(C(N)=O)CC1. The van der Waals surface area contributed by atoms with E-state index in [2.05, 4.69) is 20.8 Å². The molecule has 0 aliphatic carbocycles. The highest BCUT2D eigenvalue weighted by Crippen LogP contribution is 2.26. The number of hydrogen-bond donors (Lipinski definition) is 1. The van der Waals surface area contributed by atoms with Crippen LogP contribution in [0.1, 0.15) is 40.5 Å². The monoisotopic (exact) mass is 286 g/mol. The van der Waals surface area contributed by atoms with Crippen LogP contribution in [0.15, 0.2) is 0 Å². The zero-order chi connectivity index (χ0) is 14.6. The van der Waals surface area contributed by atoms with Gasteiger partial charge in [-0.1, -0.05) is 20.8 Å². The fourth-order valence-electron chi connectivity index (χ4n) is 2.18. The van der Waals surface area contributed by atoms with Gasteiger partial charge in [-0.05, 0) is 25.7 Å². The van der Waals surface area contributed by atoms with Crippen molar-refractivity contribution in [1.29, 1.82) is 0 Å². The number of nitrogens with zero attached hydrogens (tertiary/aromatic N) is 1. The van der Waals surface area contributed by atoms with Crippen LogP contribution in [-0.2, 0) is 9.59 Å². The number of nitrogens with two attached hydrogens (primary N) is 1. The first-order valence-electron chi connectivity index (χ1n) is 7.06. The van der Waals surface area contributed by atoms with Crippen LogP contribution in [0.2, 0.25) is 0 Å². The first-order chi connectivity index (χ1) is 8.82. The lowest BCUT2D eigenvalue weighted by Crippen LogP contribution is -2.44. The Kier molecular flexibility index (Phi) is 6.17. The van der Waals surface area contributed by atoms with E-state index in [1.807, 2.05) is 11.8 Å². The Labute approximate surface area is 120 Å². The van der Waals surface area contributed by atoms with Crippen LogP contribution in [0.5, 0.6) is 0 Å². The van der Waals surface area contributed by atoms with E-state index < -0.39 is 0 Å². The van der Waals surface area contributed by atoms with Crippen LogP contribution in [0.3, 0.4) is 0 Å². The minimum atomic E-state index is -0.233. The van der Waals surface area contributed by atoms with Crippen LogP contribution in [-0.4, -0.2) is 40.3 Å². The molecule has 1 aliphatic heterocycles. The van der Waals surface area contributed by atoms with Gasteiger partial charge in [0, 0.05) is 24.3 Å². The van der Waals surface area contributed by atoms with Crippen molar-refractivity contribution in [2.24, 2.45) is 17.6 Å². The van der Waals surface area contributed by atoms with Gasteiger partial charge in [-0.15, -0.1) is 11.8 Å². The summed E-state index contributed by atoms with van der Waals surface area (Å²) in [6.45, 7) is 9.81. The van der Waals surface area contributed by atoms with Crippen molar-refractivity contribution < 1.29 is 9.59 Å². The van der Waals surface area contributed by atoms with E-state index >= 15 is 0 Å². The molecular formula is C14H26N2O2S. The second-order valence-electron chi connectivity index (χ2n) is 5.73. The van der Waals surface area contributed by atoms with Crippen LogP contribution >= 0.6 is 11.8 Å². The Hall–Kier alpha value is -0.710. The summed E-state index contributed by atoms with van der Waals surface area (Å²) in [5.41, 5.74) is 5.30. The topological polar surface area (TPSA) is 63.4 Å². The summed E-state index contributed by atoms with van der Waals surface area (Å²) < 4.78 is 0. The zero-order valence-corrected chi connectivity index (χ0v) is 13.2. The molecule has 0 bridgehead atoms. The highest BCUT2D eigenvalue weighted by Gasteiger charge is 2.29. The molecule has 1 rings (SSSR count). The van der Waals surface area contributed by atoms with Crippen LogP contribution in [0.25, 0.3) is 0 Å². The molecule has 0 aromatic carbocycles. The number of thioether (sulfide) groups is 1. The van der Waals surface area contributed by atoms with Gasteiger partial charge in [-0.3, -0.25) is 9.59 Å². The van der Waals surface area contributed by atoms with Gasteiger partial charge in [-0.25, -0.2) is 0 Å². The summed E-state index contributed by atoms with van der Waals surface area (Å²) in [4.78, 5) is 25.3. The summed E-state index contributed by atoms with van der Waals surface area (Å²) in [7, 11) is 0. The number of hydrogen-bond acceptors (Lipinski definition) is 3. The van der Waals surface area contributed by atoms with Crippen molar-refractivity contribution in [1.82, 2.24) is 4.90 Å². The highest BCUT2D eigenvalue weighted by atomic mass is 32.2. The van der Waals surface area contributed by atoms with Gasteiger partial charge in [0.25, 0.3) is 0 Å². The van der Waals surface area contributed by atoms with Gasteiger partial charge in [0.1, 0.15) is 0 Å². The number of carbonyl (C=O) groups excluding carboxylic acids is 2. The van der Waals surface area contributed by atoms with E-state index in [1.165, 1.54) is 0 Å². The minimum Gasteiger partial charge on any atom is -0.369 e. The largest absolute Gasteiger partial charge is 0.369 e. The molecule has 110 valence electrons. The van der Waals surface area contributed by atoms with Gasteiger partial charge in [0.15, 0.2) is 0 Å². The second-order valence-corrected chi connectivity index (χ2v) is 7.45. The summed E-state index contributed by atoms with van der Waals surface area (Å²) >= 11 is 1.73. The summed E-state index contributed by atoms with van der Waals surface area (Å²) in [6, 6.07) is 0. The molecule has 2 amide bonds. The molecular weight excluding hydrogens is 260 g/mol. The molecule has 1 heterocycles. The normalized spacial score (nSPS) is 20.4. The number of piperidine rings is 1. The van der Waals surface area contributed by atoms with E-state index in [9.17, 15) is 9.59 Å². The van der Waals surface area contributed by atoms with E-state index in [-0.39, 0.29) is 23.0 Å². The van der Waals surface area contributed by atoms with Gasteiger partial charge in [0.05, 0.1) is 5.25 Å². The molecule has 0 saturated carbocycles. The Balaban J connectivity index is 2.44. The molecule has 19 heavy (non-hydrogen) atoms. The van der Waals surface area contributed by atoms with Crippen molar-refractivity contribution >= 4 is 23.6 Å². The van der Waals surface area contributed by atoms with Crippen LogP contribution in [0.4, 0.5) is 0 Å².